The van der Waals surface area contributed by atoms with Crippen LogP contribution in [0, 0.1) is 11.3 Å². The molecule has 1 saturated heterocycles. The van der Waals surface area contributed by atoms with E-state index in [1.165, 1.54) is 4.57 Å². The van der Waals surface area contributed by atoms with E-state index in [1.54, 1.807) is 17.9 Å². The molecule has 1 saturated carbocycles. The average molecular weight is 478 g/mol. The highest BCUT2D eigenvalue weighted by Gasteiger charge is 2.25. The zero-order chi connectivity index (χ0) is 24.4. The number of rotatable bonds is 7. The summed E-state index contributed by atoms with van der Waals surface area (Å²) in [7, 11) is 3.74. The van der Waals surface area contributed by atoms with Crippen molar-refractivity contribution in [2.75, 3.05) is 32.6 Å². The topological polar surface area (TPSA) is 110 Å². The lowest BCUT2D eigenvalue weighted by Gasteiger charge is -2.29. The van der Waals surface area contributed by atoms with Gasteiger partial charge in [-0.3, -0.25) is 9.13 Å². The van der Waals surface area contributed by atoms with Crippen LogP contribution in [0.5, 0.6) is 11.5 Å². The van der Waals surface area contributed by atoms with Crippen LogP contribution in [0.4, 0.5) is 11.6 Å². The van der Waals surface area contributed by atoms with Crippen molar-refractivity contribution in [3.63, 3.8) is 0 Å². The van der Waals surface area contributed by atoms with Crippen molar-refractivity contribution in [1.82, 2.24) is 24.0 Å². The Bertz CT molecular complexity index is 1290. The predicted octanol–water partition coefficient (Wildman–Crippen LogP) is 3.46. The van der Waals surface area contributed by atoms with Gasteiger partial charge in [-0.2, -0.15) is 10.2 Å². The SMILES string of the molecule is COc1cc(OC2CCN(C)CC2)ccc1Nc1ncc2c(n1)n(C1CCCC1)c(=O)n2CC#N. The highest BCUT2D eigenvalue weighted by atomic mass is 16.5. The first-order chi connectivity index (χ1) is 17.1. The third-order valence-electron chi connectivity index (χ3n) is 7.01. The molecule has 184 valence electrons. The number of aromatic nitrogens is 4. The summed E-state index contributed by atoms with van der Waals surface area (Å²) >= 11 is 0. The first kappa shape index (κ1) is 23.2. The standard InChI is InChI=1S/C25H31N7O3/c1-30-12-9-18(10-13-30)35-19-7-8-20(22(15-19)34-2)28-24-27-16-21-23(29-24)32(17-5-3-4-6-17)25(33)31(21)14-11-26/h7-8,15-18H,3-6,9-10,12-14H2,1-2H3,(H,27,28,29). The number of nitriles is 1. The van der Waals surface area contributed by atoms with Gasteiger partial charge in [0.05, 0.1) is 25.1 Å². The molecular weight excluding hydrogens is 446 g/mol. The average Bonchev–Trinajstić information content (AvgIpc) is 3.48. The maximum atomic E-state index is 13.1. The lowest BCUT2D eigenvalue weighted by molar-refractivity contribution is 0.114. The van der Waals surface area contributed by atoms with E-state index in [1.807, 2.05) is 18.2 Å². The largest absolute Gasteiger partial charge is 0.494 e. The molecule has 3 aromatic rings. The Hall–Kier alpha value is -3.58. The fourth-order valence-electron chi connectivity index (χ4n) is 5.10. The molecule has 2 fully saturated rings. The van der Waals surface area contributed by atoms with Crippen molar-refractivity contribution in [2.24, 2.45) is 0 Å². The lowest BCUT2D eigenvalue weighted by Crippen LogP contribution is -2.35. The zero-order valence-corrected chi connectivity index (χ0v) is 20.2. The Labute approximate surface area is 204 Å². The second-order valence-corrected chi connectivity index (χ2v) is 9.35. The Balaban J connectivity index is 1.42. The van der Waals surface area contributed by atoms with E-state index in [4.69, 9.17) is 14.5 Å². The quantitative estimate of drug-likeness (QED) is 0.551. The van der Waals surface area contributed by atoms with Gasteiger partial charge in [-0.05, 0) is 44.9 Å². The summed E-state index contributed by atoms with van der Waals surface area (Å²) < 4.78 is 15.0. The molecule has 35 heavy (non-hydrogen) atoms. The molecule has 0 bridgehead atoms. The monoisotopic (exact) mass is 477 g/mol. The highest BCUT2D eigenvalue weighted by molar-refractivity contribution is 5.74. The van der Waals surface area contributed by atoms with Crippen molar-refractivity contribution in [3.05, 3.63) is 34.9 Å². The molecule has 2 aromatic heterocycles. The minimum absolute atomic E-state index is 0.0300. The molecule has 0 atom stereocenters. The van der Waals surface area contributed by atoms with Crippen LogP contribution in [0.25, 0.3) is 11.2 Å². The molecule has 10 heteroatoms. The molecule has 0 spiro atoms. The van der Waals surface area contributed by atoms with E-state index in [2.05, 4.69) is 28.3 Å². The molecule has 5 rings (SSSR count). The van der Waals surface area contributed by atoms with Gasteiger partial charge >= 0.3 is 5.69 Å². The molecule has 1 N–H and O–H groups in total. The number of imidazole rings is 1. The minimum Gasteiger partial charge on any atom is -0.494 e. The minimum atomic E-state index is -0.201. The maximum absolute atomic E-state index is 13.1. The number of nitrogens with one attached hydrogen (secondary N) is 1. The van der Waals surface area contributed by atoms with Crippen molar-refractivity contribution in [3.8, 4) is 17.6 Å². The molecule has 10 nitrogen and oxygen atoms in total. The third-order valence-corrected chi connectivity index (χ3v) is 7.01. The molecule has 0 amide bonds. The second-order valence-electron chi connectivity index (χ2n) is 9.35. The van der Waals surface area contributed by atoms with Crippen LogP contribution in [0.15, 0.2) is 29.2 Å². The van der Waals surface area contributed by atoms with E-state index in [-0.39, 0.29) is 24.4 Å². The van der Waals surface area contributed by atoms with Gasteiger partial charge in [-0.25, -0.2) is 9.78 Å². The van der Waals surface area contributed by atoms with E-state index < -0.39 is 0 Å². The Morgan fingerprint density at radius 3 is 2.69 bits per heavy atom. The van der Waals surface area contributed by atoms with Crippen LogP contribution in [-0.2, 0) is 6.54 Å². The maximum Gasteiger partial charge on any atom is 0.331 e. The van der Waals surface area contributed by atoms with Crippen molar-refractivity contribution >= 4 is 22.8 Å². The number of piperidine rings is 1. The summed E-state index contributed by atoms with van der Waals surface area (Å²) in [6.45, 7) is 2.03. The molecule has 2 aliphatic rings. The van der Waals surface area contributed by atoms with E-state index in [9.17, 15) is 10.1 Å². The normalized spacial score (nSPS) is 17.5. The number of hydrogen-bond donors (Lipinski definition) is 1. The second kappa shape index (κ2) is 9.96. The van der Waals surface area contributed by atoms with Gasteiger partial charge in [0.2, 0.25) is 5.95 Å². The predicted molar refractivity (Wildman–Crippen MR) is 132 cm³/mol. The first-order valence-corrected chi connectivity index (χ1v) is 12.2. The van der Waals surface area contributed by atoms with Gasteiger partial charge in [0.1, 0.15) is 29.7 Å². The van der Waals surface area contributed by atoms with Gasteiger partial charge in [-0.15, -0.1) is 0 Å². The molecule has 1 aliphatic heterocycles. The molecule has 3 heterocycles. The molecule has 1 aromatic carbocycles. The van der Waals surface area contributed by atoms with Crippen molar-refractivity contribution in [2.45, 2.75) is 57.2 Å². The molecule has 0 radical (unpaired) electrons. The smallest absolute Gasteiger partial charge is 0.331 e. The van der Waals surface area contributed by atoms with E-state index in [0.29, 0.717) is 28.5 Å². The number of anilines is 2. The summed E-state index contributed by atoms with van der Waals surface area (Å²) in [5.41, 5.74) is 1.63. The van der Waals surface area contributed by atoms with Gasteiger partial charge in [0, 0.05) is 25.2 Å². The number of methoxy groups -OCH3 is 1. The van der Waals surface area contributed by atoms with Gasteiger partial charge in [-0.1, -0.05) is 12.8 Å². The first-order valence-electron chi connectivity index (χ1n) is 12.2. The van der Waals surface area contributed by atoms with Crippen LogP contribution in [0.2, 0.25) is 0 Å². The number of nitrogens with zero attached hydrogens (tertiary/aromatic N) is 6. The number of fused-ring (bicyclic) bond motifs is 1. The van der Waals surface area contributed by atoms with Crippen LogP contribution in [-0.4, -0.2) is 57.4 Å². The zero-order valence-electron chi connectivity index (χ0n) is 20.2. The van der Waals surface area contributed by atoms with Crippen LogP contribution in [0.1, 0.15) is 44.6 Å². The number of ether oxygens (including phenoxy) is 2. The summed E-state index contributed by atoms with van der Waals surface area (Å²) in [6.07, 6.45) is 7.85. The summed E-state index contributed by atoms with van der Waals surface area (Å²) in [4.78, 5) is 24.5. The van der Waals surface area contributed by atoms with E-state index >= 15 is 0 Å². The Morgan fingerprint density at radius 2 is 1.97 bits per heavy atom. The fraction of sp³-hybridized carbons (Fsp3) is 0.520. The van der Waals surface area contributed by atoms with Gasteiger partial charge in [0.15, 0.2) is 5.65 Å². The fourth-order valence-corrected chi connectivity index (χ4v) is 5.10. The molecule has 0 unspecified atom stereocenters. The van der Waals surface area contributed by atoms with Gasteiger partial charge < -0.3 is 19.7 Å². The summed E-state index contributed by atoms with van der Waals surface area (Å²) in [6, 6.07) is 7.85. The number of hydrogen-bond acceptors (Lipinski definition) is 8. The molecular formula is C25H31N7O3. The van der Waals surface area contributed by atoms with Gasteiger partial charge in [0.25, 0.3) is 0 Å². The summed E-state index contributed by atoms with van der Waals surface area (Å²) in [5.74, 6) is 1.75. The highest BCUT2D eigenvalue weighted by Crippen LogP contribution is 2.33. The van der Waals surface area contributed by atoms with E-state index in [0.717, 1.165) is 57.4 Å². The summed E-state index contributed by atoms with van der Waals surface area (Å²) in [5, 5.41) is 12.5. The van der Waals surface area contributed by atoms with Crippen LogP contribution >= 0.6 is 0 Å². The third kappa shape index (κ3) is 4.68. The number of likely N-dealkylation sites (tertiary alicyclic amines) is 1. The van der Waals surface area contributed by atoms with Crippen LogP contribution < -0.4 is 20.5 Å². The lowest BCUT2D eigenvalue weighted by atomic mass is 10.1. The Kier molecular flexibility index (Phi) is 6.59. The van der Waals surface area contributed by atoms with Crippen molar-refractivity contribution in [1.29, 1.82) is 5.26 Å². The van der Waals surface area contributed by atoms with Crippen molar-refractivity contribution < 1.29 is 9.47 Å². The molecule has 1 aliphatic carbocycles. The number of benzene rings is 1. The van der Waals surface area contributed by atoms with Crippen LogP contribution in [0.3, 0.4) is 0 Å². The Morgan fingerprint density at radius 1 is 1.20 bits per heavy atom.